The maximum absolute atomic E-state index is 11.9. The molecule has 1 aliphatic rings. The number of unbranched alkanes of at least 4 members (excludes halogenated alkanes) is 9. The average Bonchev–Trinajstić information content (AvgIpc) is 2.83. The van der Waals surface area contributed by atoms with Crippen LogP contribution in [-0.4, -0.2) is 39.8 Å². The molecule has 25 heavy (non-hydrogen) atoms. The Kier molecular flexibility index (Phi) is 9.98. The van der Waals surface area contributed by atoms with E-state index in [1.807, 2.05) is 0 Å². The zero-order valence-corrected chi connectivity index (χ0v) is 15.7. The summed E-state index contributed by atoms with van der Waals surface area (Å²) in [7, 11) is 0. The molecule has 2 N–H and O–H groups in total. The van der Waals surface area contributed by atoms with Crippen molar-refractivity contribution >= 4 is 11.8 Å². The van der Waals surface area contributed by atoms with Crippen LogP contribution in [-0.2, 0) is 14.3 Å². The molecule has 0 fully saturated rings. The maximum Gasteiger partial charge on any atom is 0.303 e. The fourth-order valence-electron chi connectivity index (χ4n) is 3.34. The maximum atomic E-state index is 11.9. The van der Waals surface area contributed by atoms with Gasteiger partial charge in [0, 0.05) is 6.92 Å². The van der Waals surface area contributed by atoms with Gasteiger partial charge in [-0.3, -0.25) is 9.59 Å². The molecule has 0 aliphatic heterocycles. The van der Waals surface area contributed by atoms with Gasteiger partial charge in [-0.1, -0.05) is 64.7 Å². The first-order valence-electron chi connectivity index (χ1n) is 9.73. The van der Waals surface area contributed by atoms with E-state index in [1.54, 1.807) is 0 Å². The van der Waals surface area contributed by atoms with Gasteiger partial charge in [0.2, 0.25) is 0 Å². The minimum atomic E-state index is -2.04. The fourth-order valence-corrected chi connectivity index (χ4v) is 3.34. The lowest BCUT2D eigenvalue weighted by Crippen LogP contribution is -2.55. The Morgan fingerprint density at radius 1 is 1.12 bits per heavy atom. The summed E-state index contributed by atoms with van der Waals surface area (Å²) in [6.45, 7) is 3.46. The van der Waals surface area contributed by atoms with Crippen LogP contribution in [0, 0.1) is 0 Å². The lowest BCUT2D eigenvalue weighted by molar-refractivity contribution is -0.178. The zero-order valence-electron chi connectivity index (χ0n) is 15.7. The number of ether oxygens (including phenoxy) is 1. The van der Waals surface area contributed by atoms with Gasteiger partial charge in [-0.25, -0.2) is 0 Å². The number of rotatable bonds is 13. The number of esters is 1. The molecule has 0 radical (unpaired) electrons. The first-order valence-corrected chi connectivity index (χ1v) is 9.73. The molecule has 1 unspecified atom stereocenters. The number of hydrogen-bond acceptors (Lipinski definition) is 5. The summed E-state index contributed by atoms with van der Waals surface area (Å²) < 4.78 is 5.15. The molecule has 5 heteroatoms. The molecule has 0 bridgehead atoms. The molecule has 1 aliphatic carbocycles. The van der Waals surface area contributed by atoms with E-state index < -0.39 is 29.6 Å². The van der Waals surface area contributed by atoms with Gasteiger partial charge in [0.25, 0.3) is 0 Å². The van der Waals surface area contributed by atoms with E-state index >= 15 is 0 Å². The highest BCUT2D eigenvalue weighted by Crippen LogP contribution is 2.30. The number of ketones is 1. The molecular formula is C20H34O5. The van der Waals surface area contributed by atoms with Crippen molar-refractivity contribution in [1.82, 2.24) is 0 Å². The molecule has 1 rings (SSSR count). The summed E-state index contributed by atoms with van der Waals surface area (Å²) in [4.78, 5) is 23.2. The lowest BCUT2D eigenvalue weighted by atomic mass is 9.87. The van der Waals surface area contributed by atoms with Crippen molar-refractivity contribution in [3.63, 3.8) is 0 Å². The van der Waals surface area contributed by atoms with E-state index in [2.05, 4.69) is 6.92 Å². The Labute approximate surface area is 151 Å². The second-order valence-corrected chi connectivity index (χ2v) is 7.06. The second kappa shape index (κ2) is 11.4. The van der Waals surface area contributed by atoms with Gasteiger partial charge in [-0.2, -0.15) is 0 Å². The third-order valence-electron chi connectivity index (χ3n) is 4.89. The van der Waals surface area contributed by atoms with Gasteiger partial charge in [-0.05, 0) is 25.0 Å². The largest absolute Gasteiger partial charge is 0.459 e. The van der Waals surface area contributed by atoms with Crippen LogP contribution in [0.4, 0.5) is 0 Å². The van der Waals surface area contributed by atoms with Crippen LogP contribution < -0.4 is 0 Å². The van der Waals surface area contributed by atoms with E-state index in [-0.39, 0.29) is 0 Å². The van der Waals surface area contributed by atoms with Crippen LogP contribution in [0.3, 0.4) is 0 Å². The van der Waals surface area contributed by atoms with Crippen LogP contribution in [0.2, 0.25) is 0 Å². The first-order chi connectivity index (χ1) is 11.9. The average molecular weight is 354 g/mol. The van der Waals surface area contributed by atoms with Crippen molar-refractivity contribution in [3.05, 3.63) is 12.2 Å². The van der Waals surface area contributed by atoms with Crippen LogP contribution in [0.1, 0.15) is 84.5 Å². The predicted molar refractivity (Wildman–Crippen MR) is 97.1 cm³/mol. The molecule has 0 amide bonds. The van der Waals surface area contributed by atoms with Crippen molar-refractivity contribution < 1.29 is 24.5 Å². The molecule has 0 aromatic rings. The highest BCUT2D eigenvalue weighted by molar-refractivity contribution is 6.01. The summed E-state index contributed by atoms with van der Waals surface area (Å²) in [6.07, 6.45) is 12.2. The van der Waals surface area contributed by atoms with Gasteiger partial charge in [0.15, 0.2) is 11.4 Å². The fraction of sp³-hybridized carbons (Fsp3) is 0.800. The van der Waals surface area contributed by atoms with E-state index in [1.165, 1.54) is 57.9 Å². The van der Waals surface area contributed by atoms with Crippen molar-refractivity contribution in [2.45, 2.75) is 102 Å². The highest BCUT2D eigenvalue weighted by atomic mass is 16.6. The highest BCUT2D eigenvalue weighted by Gasteiger charge is 2.52. The smallest absolute Gasteiger partial charge is 0.303 e. The molecule has 0 aromatic carbocycles. The van der Waals surface area contributed by atoms with E-state index in [9.17, 15) is 19.8 Å². The van der Waals surface area contributed by atoms with Crippen LogP contribution in [0.15, 0.2) is 12.2 Å². The molecule has 0 saturated carbocycles. The number of carbonyl (C=O) groups is 2. The molecule has 0 aromatic heterocycles. The van der Waals surface area contributed by atoms with Crippen molar-refractivity contribution in [2.75, 3.05) is 0 Å². The van der Waals surface area contributed by atoms with Gasteiger partial charge >= 0.3 is 5.97 Å². The summed E-state index contributed by atoms with van der Waals surface area (Å²) in [5.74, 6) is -1.16. The minimum absolute atomic E-state index is 0.372. The number of hydrogen-bond donors (Lipinski definition) is 2. The van der Waals surface area contributed by atoms with Crippen LogP contribution >= 0.6 is 0 Å². The Morgan fingerprint density at radius 3 is 2.08 bits per heavy atom. The van der Waals surface area contributed by atoms with Gasteiger partial charge < -0.3 is 14.9 Å². The molecule has 0 spiro atoms. The Balaban J connectivity index is 2.29. The van der Waals surface area contributed by atoms with Crippen molar-refractivity contribution in [1.29, 1.82) is 0 Å². The molecule has 0 heterocycles. The van der Waals surface area contributed by atoms with E-state index in [0.717, 1.165) is 25.3 Å². The Hall–Kier alpha value is -1.20. The summed E-state index contributed by atoms with van der Waals surface area (Å²) in [5.41, 5.74) is -2.04. The summed E-state index contributed by atoms with van der Waals surface area (Å²) in [5, 5.41) is 20.5. The number of aliphatic hydroxyl groups is 2. The molecule has 3 atom stereocenters. The lowest BCUT2D eigenvalue weighted by Gasteiger charge is -2.33. The summed E-state index contributed by atoms with van der Waals surface area (Å²) in [6, 6.07) is 0. The normalized spacial score (nSPS) is 23.8. The first kappa shape index (κ1) is 21.8. The third-order valence-corrected chi connectivity index (χ3v) is 4.89. The monoisotopic (exact) mass is 354 g/mol. The molecular weight excluding hydrogens is 320 g/mol. The standard InChI is InChI=1S/C20H34O5/c1-3-4-5-6-7-8-9-10-11-12-13-19(25-16(2)21)20(24)17(22)14-15-18(20)23/h14-15,17,19,22,24H,3-13H2,1-2H3/t17-,19?,20+/m1/s1. The van der Waals surface area contributed by atoms with Crippen molar-refractivity contribution in [3.8, 4) is 0 Å². The summed E-state index contributed by atoms with van der Waals surface area (Å²) >= 11 is 0. The number of aliphatic hydroxyl groups excluding tert-OH is 1. The Bertz CT molecular complexity index is 445. The predicted octanol–water partition coefficient (Wildman–Crippen LogP) is 3.46. The number of carbonyl (C=O) groups excluding carboxylic acids is 2. The van der Waals surface area contributed by atoms with E-state index in [0.29, 0.717) is 6.42 Å². The Morgan fingerprint density at radius 2 is 1.64 bits per heavy atom. The topological polar surface area (TPSA) is 83.8 Å². The molecule has 5 nitrogen and oxygen atoms in total. The second-order valence-electron chi connectivity index (χ2n) is 7.06. The zero-order chi connectivity index (χ0) is 18.7. The van der Waals surface area contributed by atoms with Crippen LogP contribution in [0.5, 0.6) is 0 Å². The quantitative estimate of drug-likeness (QED) is 0.391. The molecule has 144 valence electrons. The van der Waals surface area contributed by atoms with Gasteiger partial charge in [0.1, 0.15) is 12.2 Å². The van der Waals surface area contributed by atoms with Crippen molar-refractivity contribution in [2.24, 2.45) is 0 Å². The van der Waals surface area contributed by atoms with Gasteiger partial charge in [0.05, 0.1) is 0 Å². The van der Waals surface area contributed by atoms with Gasteiger partial charge in [-0.15, -0.1) is 0 Å². The third kappa shape index (κ3) is 6.90. The van der Waals surface area contributed by atoms with E-state index in [4.69, 9.17) is 4.74 Å². The van der Waals surface area contributed by atoms with Crippen LogP contribution in [0.25, 0.3) is 0 Å². The SMILES string of the molecule is CCCCCCCCCCCCC(OC(C)=O)[C@@]1(O)C(=O)C=C[C@H]1O. The molecule has 0 saturated heterocycles. The minimum Gasteiger partial charge on any atom is -0.459 e.